The van der Waals surface area contributed by atoms with E-state index in [0.29, 0.717) is 17.5 Å². The predicted octanol–water partition coefficient (Wildman–Crippen LogP) is 9.18. The Balaban J connectivity index is 1.27. The molecular weight excluding hydrogens is 508 g/mol. The zero-order valence-electron chi connectivity index (χ0n) is 21.4. The van der Waals surface area contributed by atoms with Crippen LogP contribution in [0.15, 0.2) is 133 Å². The molecule has 0 bridgehead atoms. The summed E-state index contributed by atoms with van der Waals surface area (Å²) in [6.07, 6.45) is 0. The Bertz CT molecular complexity index is 2070. The Kier molecular flexibility index (Phi) is 5.28. The van der Waals surface area contributed by atoms with Gasteiger partial charge in [0.2, 0.25) is 0 Å². The first kappa shape index (κ1) is 22.8. The molecule has 8 aromatic rings. The van der Waals surface area contributed by atoms with E-state index in [1.165, 1.54) is 31.9 Å². The summed E-state index contributed by atoms with van der Waals surface area (Å²) in [6.45, 7) is 0. The Morgan fingerprint density at radius 3 is 1.70 bits per heavy atom. The minimum absolute atomic E-state index is 0.662. The lowest BCUT2D eigenvalue weighted by atomic mass is 10.1. The maximum atomic E-state index is 4.97. The zero-order valence-corrected chi connectivity index (χ0v) is 22.2. The van der Waals surface area contributed by atoms with E-state index >= 15 is 0 Å². The zero-order chi connectivity index (χ0) is 26.5. The summed E-state index contributed by atoms with van der Waals surface area (Å²) in [5.41, 5.74) is 5.40. The van der Waals surface area contributed by atoms with Crippen molar-refractivity contribution in [2.24, 2.45) is 0 Å². The molecule has 188 valence electrons. The van der Waals surface area contributed by atoms with Crippen LogP contribution in [0, 0.1) is 0 Å². The van der Waals surface area contributed by atoms with Crippen molar-refractivity contribution in [2.75, 3.05) is 0 Å². The molecule has 0 fully saturated rings. The van der Waals surface area contributed by atoms with Crippen molar-refractivity contribution < 1.29 is 0 Å². The van der Waals surface area contributed by atoms with E-state index in [1.54, 1.807) is 11.3 Å². The van der Waals surface area contributed by atoms with Gasteiger partial charge in [-0.1, -0.05) is 84.9 Å². The van der Waals surface area contributed by atoms with Crippen molar-refractivity contribution in [1.29, 1.82) is 0 Å². The van der Waals surface area contributed by atoms with Crippen molar-refractivity contribution in [1.82, 2.24) is 19.5 Å². The second-order valence-electron chi connectivity index (χ2n) is 9.74. The van der Waals surface area contributed by atoms with Gasteiger partial charge in [-0.15, -0.1) is 11.3 Å². The average Bonchev–Trinajstić information content (AvgIpc) is 3.61. The summed E-state index contributed by atoms with van der Waals surface area (Å²) in [5.74, 6) is 2.02. The molecule has 40 heavy (non-hydrogen) atoms. The Labute approximate surface area is 234 Å². The average molecular weight is 531 g/mol. The molecule has 3 heterocycles. The third-order valence-electron chi connectivity index (χ3n) is 7.28. The van der Waals surface area contributed by atoms with Crippen LogP contribution in [-0.2, 0) is 0 Å². The number of benzene rings is 5. The molecule has 5 heteroatoms. The maximum Gasteiger partial charge on any atom is 0.174 e. The molecule has 0 spiro atoms. The first-order valence-corrected chi connectivity index (χ1v) is 14.0. The highest BCUT2D eigenvalue weighted by atomic mass is 32.1. The molecule has 0 amide bonds. The van der Waals surface area contributed by atoms with E-state index < -0.39 is 0 Å². The minimum atomic E-state index is 0.662. The van der Waals surface area contributed by atoms with Gasteiger partial charge in [-0.05, 0) is 53.9 Å². The van der Waals surface area contributed by atoms with Gasteiger partial charge < -0.3 is 4.57 Å². The highest BCUT2D eigenvalue weighted by molar-refractivity contribution is 7.22. The van der Waals surface area contributed by atoms with E-state index in [0.717, 1.165) is 21.7 Å². The molecule has 0 N–H and O–H groups in total. The van der Waals surface area contributed by atoms with Crippen LogP contribution in [0.1, 0.15) is 0 Å². The molecule has 8 rings (SSSR count). The van der Waals surface area contributed by atoms with E-state index in [-0.39, 0.29) is 0 Å². The Morgan fingerprint density at radius 1 is 0.475 bits per heavy atom. The van der Waals surface area contributed by atoms with E-state index in [9.17, 15) is 0 Å². The number of para-hydroxylation sites is 2. The molecule has 0 saturated heterocycles. The van der Waals surface area contributed by atoms with Gasteiger partial charge in [-0.25, -0.2) is 15.0 Å². The molecule has 0 atom stereocenters. The number of nitrogens with zero attached hydrogens (tertiary/aromatic N) is 4. The van der Waals surface area contributed by atoms with Crippen molar-refractivity contribution in [3.8, 4) is 39.2 Å². The molecule has 0 aliphatic heterocycles. The highest BCUT2D eigenvalue weighted by Crippen LogP contribution is 2.35. The van der Waals surface area contributed by atoms with Crippen molar-refractivity contribution in [3.63, 3.8) is 0 Å². The minimum Gasteiger partial charge on any atom is -0.309 e. The van der Waals surface area contributed by atoms with Gasteiger partial charge in [0.05, 0.1) is 15.9 Å². The maximum absolute atomic E-state index is 4.97. The number of hydrogen-bond acceptors (Lipinski definition) is 4. The summed E-state index contributed by atoms with van der Waals surface area (Å²) in [5, 5.41) is 3.70. The smallest absolute Gasteiger partial charge is 0.174 e. The predicted molar refractivity (Wildman–Crippen MR) is 166 cm³/mol. The first-order chi connectivity index (χ1) is 19.8. The van der Waals surface area contributed by atoms with Crippen LogP contribution in [0.2, 0.25) is 0 Å². The Hall–Kier alpha value is -5.13. The number of fused-ring (bicyclic) bond motifs is 4. The standard InChI is InChI=1S/C35H22N4S/c1-2-10-23(11-3-1)33-36-34(38-35(37-33)32-22-25-12-4-9-17-31(25)40-32)24-18-20-26(21-19-24)39-29-15-7-5-13-27(29)28-14-6-8-16-30(28)39/h1-22H. The number of aromatic nitrogens is 4. The quantitative estimate of drug-likeness (QED) is 0.228. The van der Waals surface area contributed by atoms with Gasteiger partial charge in [0.15, 0.2) is 17.5 Å². The molecule has 4 nitrogen and oxygen atoms in total. The van der Waals surface area contributed by atoms with Crippen LogP contribution in [0.5, 0.6) is 0 Å². The largest absolute Gasteiger partial charge is 0.309 e. The topological polar surface area (TPSA) is 43.6 Å². The summed E-state index contributed by atoms with van der Waals surface area (Å²) in [7, 11) is 0. The second kappa shape index (κ2) is 9.26. The summed E-state index contributed by atoms with van der Waals surface area (Å²) < 4.78 is 3.54. The van der Waals surface area contributed by atoms with Crippen molar-refractivity contribution >= 4 is 43.2 Å². The molecule has 3 aromatic heterocycles. The molecule has 0 saturated carbocycles. The number of rotatable bonds is 4. The summed E-state index contributed by atoms with van der Waals surface area (Å²) >= 11 is 1.70. The van der Waals surface area contributed by atoms with Gasteiger partial charge in [-0.3, -0.25) is 0 Å². The molecular formula is C35H22N4S. The summed E-state index contributed by atoms with van der Waals surface area (Å²) in [6, 6.07) is 46.3. The van der Waals surface area contributed by atoms with Crippen molar-refractivity contribution in [2.45, 2.75) is 0 Å². The van der Waals surface area contributed by atoms with Gasteiger partial charge in [0, 0.05) is 32.3 Å². The SMILES string of the molecule is c1ccc(-c2nc(-c3ccc(-n4c5ccccc5c5ccccc54)cc3)nc(-c3cc4ccccc4s3)n2)cc1. The molecule has 0 radical (unpaired) electrons. The molecule has 0 aliphatic rings. The van der Waals surface area contributed by atoms with Crippen molar-refractivity contribution in [3.05, 3.63) is 133 Å². The fourth-order valence-corrected chi connectivity index (χ4v) is 6.38. The van der Waals surface area contributed by atoms with Gasteiger partial charge in [-0.2, -0.15) is 0 Å². The lowest BCUT2D eigenvalue weighted by molar-refractivity contribution is 1.08. The monoisotopic (exact) mass is 530 g/mol. The lowest BCUT2D eigenvalue weighted by Crippen LogP contribution is -2.00. The Morgan fingerprint density at radius 2 is 1.02 bits per heavy atom. The first-order valence-electron chi connectivity index (χ1n) is 13.2. The number of thiophene rings is 1. The van der Waals surface area contributed by atoms with Crippen LogP contribution < -0.4 is 0 Å². The third-order valence-corrected chi connectivity index (χ3v) is 8.39. The van der Waals surface area contributed by atoms with Crippen LogP contribution in [0.25, 0.3) is 71.1 Å². The van der Waals surface area contributed by atoms with E-state index in [4.69, 9.17) is 15.0 Å². The van der Waals surface area contributed by atoms with Crippen LogP contribution in [0.3, 0.4) is 0 Å². The fourth-order valence-electron chi connectivity index (χ4n) is 5.38. The normalized spacial score (nSPS) is 11.5. The molecule has 0 aliphatic carbocycles. The van der Waals surface area contributed by atoms with Gasteiger partial charge in [0.1, 0.15) is 0 Å². The fraction of sp³-hybridized carbons (Fsp3) is 0. The lowest BCUT2D eigenvalue weighted by Gasteiger charge is -2.10. The van der Waals surface area contributed by atoms with Crippen LogP contribution >= 0.6 is 11.3 Å². The summed E-state index contributed by atoms with van der Waals surface area (Å²) in [4.78, 5) is 15.8. The molecule has 0 unspecified atom stereocenters. The van der Waals surface area contributed by atoms with Crippen LogP contribution in [-0.4, -0.2) is 19.5 Å². The number of hydrogen-bond donors (Lipinski definition) is 0. The molecule has 5 aromatic carbocycles. The van der Waals surface area contributed by atoms with Crippen LogP contribution in [0.4, 0.5) is 0 Å². The van der Waals surface area contributed by atoms with Gasteiger partial charge in [0.25, 0.3) is 0 Å². The van der Waals surface area contributed by atoms with E-state index in [2.05, 4.69) is 108 Å². The van der Waals surface area contributed by atoms with Gasteiger partial charge >= 0.3 is 0 Å². The van der Waals surface area contributed by atoms with E-state index in [1.807, 2.05) is 30.3 Å². The third kappa shape index (κ3) is 3.79. The highest BCUT2D eigenvalue weighted by Gasteiger charge is 2.15. The second-order valence-corrected chi connectivity index (χ2v) is 10.8.